The molecule has 732 valence electrons. The summed E-state index contributed by atoms with van der Waals surface area (Å²) in [5.41, 5.74) is 20.5. The van der Waals surface area contributed by atoms with Gasteiger partial charge in [-0.2, -0.15) is 0 Å². The summed E-state index contributed by atoms with van der Waals surface area (Å²) in [6.45, 7) is 17.5. The van der Waals surface area contributed by atoms with Crippen molar-refractivity contribution < 1.29 is 34.3 Å². The molecule has 15 heterocycles. The average Bonchev–Trinajstić information content (AvgIpc) is 1.09. The number of hydrogen-bond donors (Lipinski definition) is 9. The van der Waals surface area contributed by atoms with Gasteiger partial charge in [-0.05, 0) is 196 Å². The van der Waals surface area contributed by atoms with E-state index in [-0.39, 0.29) is 24.2 Å². The number of aryl methyl sites for hydroxylation is 3. The SMILES string of the molecule is CB(O)O.COc1ccc(Cn2cnc3c(N[C@@H](C)c4cc5cccc(-c6cccnc6)c5c(C)n4)ncnc32)cc1.COc1ccc(Cn2cnc3c(N[C@@H](C)c4cc5cccc(Cl)c5c(C)n4)ncnc32)cc1.COc1ccc(Cn2cnc3c(N[C@@H](C)c4cc5cccc(Cl)c5c(Cl)n4)ncnc32)cc1.Cc1nc([C@H](C)Nc2ncnc3nc[nH]c23)cc2cccc(-c3cccnc3)c12.OB(O)c1cccnc1. The number of rotatable bonds is 24. The van der Waals surface area contributed by atoms with Crippen molar-refractivity contribution in [3.8, 4) is 39.5 Å². The Morgan fingerprint density at radius 2 is 0.712 bits per heavy atom. The number of benzene rings is 7. The van der Waals surface area contributed by atoms with Crippen LogP contribution in [0.2, 0.25) is 22.0 Å². The first-order valence-electron chi connectivity index (χ1n) is 46.5. The fourth-order valence-corrected chi connectivity index (χ4v) is 17.8. The first-order chi connectivity index (χ1) is 70.9. The van der Waals surface area contributed by atoms with Crippen LogP contribution in [-0.2, 0) is 19.6 Å². The highest BCUT2D eigenvalue weighted by atomic mass is 35.5. The molecule has 9 N–H and O–H groups in total. The zero-order chi connectivity index (χ0) is 102. The van der Waals surface area contributed by atoms with Gasteiger partial charge in [0.15, 0.2) is 45.9 Å². The minimum Gasteiger partial charge on any atom is -0.497 e. The number of ether oxygens (including phenoxy) is 3. The Kier molecular flexibility index (Phi) is 32.1. The number of pyridine rings is 7. The molecule has 15 aromatic heterocycles. The minimum absolute atomic E-state index is 0.0402. The lowest BCUT2D eigenvalue weighted by Gasteiger charge is -2.17. The summed E-state index contributed by atoms with van der Waals surface area (Å²) >= 11 is 19.1. The largest absolute Gasteiger partial charge is 0.497 e. The van der Waals surface area contributed by atoms with E-state index in [1.54, 1.807) is 96.1 Å². The maximum atomic E-state index is 8.54. The number of aromatic nitrogens is 23. The fourth-order valence-electron chi connectivity index (χ4n) is 16.8. The zero-order valence-corrected chi connectivity index (χ0v) is 83.6. The van der Waals surface area contributed by atoms with E-state index in [0.717, 1.165) is 173 Å². The van der Waals surface area contributed by atoms with E-state index in [1.165, 1.54) is 25.7 Å². The third kappa shape index (κ3) is 23.8. The maximum Gasteiger partial charge on any atom is 0.490 e. The summed E-state index contributed by atoms with van der Waals surface area (Å²) in [5.74, 6) is 5.18. The number of nitrogens with one attached hydrogen (secondary N) is 5. The summed E-state index contributed by atoms with van der Waals surface area (Å²) < 4.78 is 21.8. The van der Waals surface area contributed by atoms with Crippen LogP contribution in [0.5, 0.6) is 17.2 Å². The maximum absolute atomic E-state index is 8.54. The molecule has 22 aromatic rings. The van der Waals surface area contributed by atoms with Gasteiger partial charge in [0.2, 0.25) is 0 Å². The van der Waals surface area contributed by atoms with Crippen LogP contribution >= 0.6 is 34.8 Å². The van der Waals surface area contributed by atoms with Crippen molar-refractivity contribution in [3.05, 3.63) is 366 Å². The van der Waals surface area contributed by atoms with Crippen molar-refractivity contribution in [3.63, 3.8) is 0 Å². The normalized spacial score (nSPS) is 11.9. The number of methoxy groups -OCH3 is 3. The molecular formula is C107H100B2Cl3N27O7. The van der Waals surface area contributed by atoms with Gasteiger partial charge >= 0.3 is 14.2 Å². The highest BCUT2D eigenvalue weighted by molar-refractivity contribution is 6.58. The van der Waals surface area contributed by atoms with Gasteiger partial charge < -0.3 is 74.3 Å². The molecule has 0 spiro atoms. The number of imidazole rings is 4. The van der Waals surface area contributed by atoms with E-state index < -0.39 is 14.2 Å². The predicted octanol–water partition coefficient (Wildman–Crippen LogP) is 19.7. The topological polar surface area (TPSA) is 432 Å². The molecule has 0 saturated heterocycles. The van der Waals surface area contributed by atoms with Gasteiger partial charge in [0.1, 0.15) is 69.8 Å². The van der Waals surface area contributed by atoms with Crippen molar-refractivity contribution in [2.45, 2.75) is 99.1 Å². The molecule has 0 bridgehead atoms. The van der Waals surface area contributed by atoms with Crippen LogP contribution in [0.25, 0.3) is 110 Å². The number of H-pyrrole nitrogens is 1. The summed E-state index contributed by atoms with van der Waals surface area (Å²) in [6.07, 6.45) is 23.5. The number of aromatic amines is 1. The first-order valence-corrected chi connectivity index (χ1v) is 47.7. The molecule has 22 rings (SSSR count). The van der Waals surface area contributed by atoms with Crippen molar-refractivity contribution in [1.82, 2.24) is 113 Å². The Balaban J connectivity index is 0.000000128. The molecule has 0 aliphatic carbocycles. The fraction of sp³-hybridized carbons (Fsp3) is 0.168. The van der Waals surface area contributed by atoms with Crippen LogP contribution in [0.4, 0.5) is 23.3 Å². The van der Waals surface area contributed by atoms with E-state index in [9.17, 15) is 0 Å². The molecule has 0 aliphatic heterocycles. The number of anilines is 4. The Bertz CT molecular complexity index is 8060. The second-order valence-corrected chi connectivity index (χ2v) is 35.3. The highest BCUT2D eigenvalue weighted by Crippen LogP contribution is 2.39. The van der Waals surface area contributed by atoms with Gasteiger partial charge in [-0.25, -0.2) is 64.8 Å². The summed E-state index contributed by atoms with van der Waals surface area (Å²) in [7, 11) is 2.41. The lowest BCUT2D eigenvalue weighted by atomic mass is 9.82. The van der Waals surface area contributed by atoms with Gasteiger partial charge in [0.25, 0.3) is 0 Å². The second-order valence-electron chi connectivity index (χ2n) is 34.1. The smallest absolute Gasteiger partial charge is 0.490 e. The number of halogens is 3. The van der Waals surface area contributed by atoms with Gasteiger partial charge in [-0.1, -0.05) is 150 Å². The number of fused-ring (bicyclic) bond motifs is 8. The molecule has 7 aromatic carbocycles. The molecule has 4 atom stereocenters. The third-order valence-corrected chi connectivity index (χ3v) is 24.9. The summed E-state index contributed by atoms with van der Waals surface area (Å²) in [4.78, 5) is 87.8. The van der Waals surface area contributed by atoms with Crippen molar-refractivity contribution >= 4 is 166 Å². The Morgan fingerprint density at radius 1 is 0.370 bits per heavy atom. The standard InChI is InChI=1S/C30H27N7O.C25H23ClN6O.C24H20Cl2N6O.C22H19N7.C5H6BNO2.CH5BO2/c1-19(26-14-22-6-4-8-25(27(22)20(2)35-26)23-7-5-13-31-15-23)36-29-28-30(33-17-32-29)37(18-34-28)16-21-9-11-24(38-3)12-10-21;1-15(21-11-18-5-4-6-20(26)22(18)16(2)30-21)31-24-23-25(28-13-27-24)32(14-29-23)12-17-7-9-19(33-3)10-8-17;1-14(19-10-16-4-3-5-18(25)20(16)22(26)31-19)30-23-21-24(28-12-27-23)32(13-29-21)11-15-6-8-17(33-2)9-7-15;1-13(29-22-20-21(25-11-24-20)26-12-27-22)18-9-15-5-3-7-17(19(15)14(2)28-18)16-6-4-8-23-10-16;8-6(9)5-2-1-3-7-4-5;1-2(3)4/h4-15,17-19H,16H2,1-3H3,(H,32,33,36);4-11,13-15H,12H2,1-3H3,(H,27,28,31);3-10,12-14H,11H2,1-2H3,(H,27,28,30);3-13H,1-2H3,(H2,24,25,26,27,29);1-4,8-9H;3-4H,1H3/t19-;15-;14-;13-;;/m0000../s1. The van der Waals surface area contributed by atoms with Gasteiger partial charge in [0.05, 0.1) is 123 Å². The van der Waals surface area contributed by atoms with E-state index >= 15 is 0 Å². The quantitative estimate of drug-likeness (QED) is 0.0200. The van der Waals surface area contributed by atoms with E-state index in [1.807, 2.05) is 155 Å². The monoisotopic (exact) mass is 2000 g/mol. The second kappa shape index (κ2) is 46.5. The van der Waals surface area contributed by atoms with Crippen LogP contribution in [0.3, 0.4) is 0 Å². The van der Waals surface area contributed by atoms with E-state index in [0.29, 0.717) is 74.7 Å². The molecule has 0 fully saturated rings. The van der Waals surface area contributed by atoms with E-state index in [4.69, 9.17) is 84.1 Å². The summed E-state index contributed by atoms with van der Waals surface area (Å²) in [5, 5.41) is 56.1. The van der Waals surface area contributed by atoms with Gasteiger partial charge in [-0.15, -0.1) is 0 Å². The Labute approximate surface area is 854 Å². The average molecular weight is 2000 g/mol. The molecule has 0 saturated carbocycles. The highest BCUT2D eigenvalue weighted by Gasteiger charge is 2.24. The van der Waals surface area contributed by atoms with Crippen LogP contribution in [0.15, 0.2) is 294 Å². The Hall–Kier alpha value is -16.7. The minimum atomic E-state index is -1.40. The third-order valence-electron chi connectivity index (χ3n) is 24.0. The van der Waals surface area contributed by atoms with Crippen LogP contribution in [0.1, 0.15) is 108 Å². The van der Waals surface area contributed by atoms with Crippen molar-refractivity contribution in [1.29, 1.82) is 0 Å². The predicted molar refractivity (Wildman–Crippen MR) is 575 cm³/mol. The van der Waals surface area contributed by atoms with Crippen LogP contribution in [0, 0.1) is 20.8 Å². The Morgan fingerprint density at radius 3 is 1.08 bits per heavy atom. The lowest BCUT2D eigenvalue weighted by Crippen LogP contribution is -2.29. The summed E-state index contributed by atoms with van der Waals surface area (Å²) in [6, 6.07) is 67.3. The first kappa shape index (κ1) is 101. The number of nitrogens with zero attached hydrogens (tertiary/aromatic N) is 22. The zero-order valence-electron chi connectivity index (χ0n) is 81.3. The molecule has 39 heteroatoms. The molecule has 0 unspecified atom stereocenters. The van der Waals surface area contributed by atoms with Gasteiger partial charge in [0, 0.05) is 92.4 Å². The molecule has 34 nitrogen and oxygen atoms in total. The molecule has 0 radical (unpaired) electrons. The molecule has 146 heavy (non-hydrogen) atoms. The molecule has 0 aliphatic rings. The number of hydrogen-bond acceptors (Lipinski definition) is 30. The van der Waals surface area contributed by atoms with Gasteiger partial charge in [-0.3, -0.25) is 29.9 Å². The lowest BCUT2D eigenvalue weighted by molar-refractivity contribution is 0.414. The molecule has 0 amide bonds. The van der Waals surface area contributed by atoms with E-state index in [2.05, 4.69) is 213 Å². The van der Waals surface area contributed by atoms with Crippen LogP contribution in [-0.4, -0.2) is 169 Å². The van der Waals surface area contributed by atoms with Crippen molar-refractivity contribution in [2.75, 3.05) is 42.6 Å². The van der Waals surface area contributed by atoms with Crippen LogP contribution < -0.4 is 40.9 Å². The molecular weight excluding hydrogens is 1900 g/mol. The van der Waals surface area contributed by atoms with Crippen molar-refractivity contribution in [2.24, 2.45) is 0 Å².